The molecule has 1 unspecified atom stereocenters. The zero-order chi connectivity index (χ0) is 18.6. The Morgan fingerprint density at radius 2 is 1.92 bits per heavy atom. The lowest BCUT2D eigenvalue weighted by molar-refractivity contribution is -0.133. The number of likely N-dealkylation sites (tertiary alicyclic amines) is 1. The number of hydrogen-bond donors (Lipinski definition) is 0. The van der Waals surface area contributed by atoms with Crippen LogP contribution in [0.4, 0.5) is 0 Å². The van der Waals surface area contributed by atoms with Crippen LogP contribution in [0.2, 0.25) is 0 Å². The van der Waals surface area contributed by atoms with E-state index >= 15 is 0 Å². The van der Waals surface area contributed by atoms with E-state index in [1.54, 1.807) is 35.2 Å². The minimum atomic E-state index is -3.42. The van der Waals surface area contributed by atoms with Gasteiger partial charge in [0.05, 0.1) is 10.6 Å². The second-order valence-electron chi connectivity index (χ2n) is 6.58. The molecular weight excluding hydrogens is 350 g/mol. The number of aryl methyl sites for hydroxylation is 1. The Hall–Kier alpha value is -2.34. The minimum Gasteiger partial charge on any atom is -0.484 e. The maximum atomic E-state index is 12.6. The average molecular weight is 373 g/mol. The average Bonchev–Trinajstić information content (AvgIpc) is 3.08. The fraction of sp³-hybridized carbons (Fsp3) is 0.350. The molecule has 26 heavy (non-hydrogen) atoms. The molecule has 3 rings (SSSR count). The standard InChI is InChI=1S/C20H23NO4S/c1-16-7-5-9-18(13-16)25-14-20(22)21-12-6-8-17(21)15-26(23,24)19-10-3-2-4-11-19/h2-5,7,9-11,13,17H,6,8,12,14-15H2,1H3. The van der Waals surface area contributed by atoms with Crippen LogP contribution in [0.15, 0.2) is 59.5 Å². The maximum Gasteiger partial charge on any atom is 0.260 e. The van der Waals surface area contributed by atoms with E-state index in [9.17, 15) is 13.2 Å². The van der Waals surface area contributed by atoms with Gasteiger partial charge in [-0.15, -0.1) is 0 Å². The molecule has 1 aliphatic heterocycles. The highest BCUT2D eigenvalue weighted by atomic mass is 32.2. The van der Waals surface area contributed by atoms with Crippen LogP contribution in [0.3, 0.4) is 0 Å². The molecule has 0 spiro atoms. The van der Waals surface area contributed by atoms with Crippen molar-refractivity contribution in [3.8, 4) is 5.75 Å². The van der Waals surface area contributed by atoms with Crippen molar-refractivity contribution < 1.29 is 17.9 Å². The Morgan fingerprint density at radius 1 is 1.15 bits per heavy atom. The van der Waals surface area contributed by atoms with Crippen molar-refractivity contribution in [2.75, 3.05) is 18.9 Å². The first-order chi connectivity index (χ1) is 12.5. The molecule has 1 amide bonds. The first-order valence-electron chi connectivity index (χ1n) is 8.72. The highest BCUT2D eigenvalue weighted by Crippen LogP contribution is 2.22. The topological polar surface area (TPSA) is 63.7 Å². The van der Waals surface area contributed by atoms with E-state index < -0.39 is 9.84 Å². The van der Waals surface area contributed by atoms with Gasteiger partial charge in [0.25, 0.3) is 5.91 Å². The van der Waals surface area contributed by atoms with Crippen molar-refractivity contribution in [2.45, 2.75) is 30.7 Å². The van der Waals surface area contributed by atoms with Crippen LogP contribution in [0.1, 0.15) is 18.4 Å². The summed E-state index contributed by atoms with van der Waals surface area (Å²) < 4.78 is 30.8. The van der Waals surface area contributed by atoms with E-state index in [2.05, 4.69) is 0 Å². The van der Waals surface area contributed by atoms with Gasteiger partial charge in [-0.2, -0.15) is 0 Å². The number of ether oxygens (including phenoxy) is 1. The summed E-state index contributed by atoms with van der Waals surface area (Å²) in [4.78, 5) is 14.5. The van der Waals surface area contributed by atoms with E-state index in [-0.39, 0.29) is 24.3 Å². The Kier molecular flexibility index (Phi) is 5.61. The van der Waals surface area contributed by atoms with E-state index in [4.69, 9.17) is 4.74 Å². The fourth-order valence-corrected chi connectivity index (χ4v) is 4.87. The molecule has 2 aromatic carbocycles. The smallest absolute Gasteiger partial charge is 0.260 e. The second-order valence-corrected chi connectivity index (χ2v) is 8.62. The number of hydrogen-bond acceptors (Lipinski definition) is 4. The molecule has 1 heterocycles. The summed E-state index contributed by atoms with van der Waals surface area (Å²) in [7, 11) is -3.42. The number of sulfone groups is 1. The predicted octanol–water partition coefficient (Wildman–Crippen LogP) is 2.84. The highest BCUT2D eigenvalue weighted by Gasteiger charge is 2.33. The zero-order valence-electron chi connectivity index (χ0n) is 14.8. The van der Waals surface area contributed by atoms with Crippen LogP contribution in [-0.2, 0) is 14.6 Å². The summed E-state index contributed by atoms with van der Waals surface area (Å²) in [6, 6.07) is 15.6. The van der Waals surface area contributed by atoms with Crippen molar-refractivity contribution in [2.24, 2.45) is 0 Å². The fourth-order valence-electron chi connectivity index (χ4n) is 3.25. The molecule has 0 aromatic heterocycles. The van der Waals surface area contributed by atoms with Crippen molar-refractivity contribution in [3.63, 3.8) is 0 Å². The third-order valence-corrected chi connectivity index (χ3v) is 6.38. The molecule has 1 aliphatic rings. The Bertz CT molecular complexity index is 864. The highest BCUT2D eigenvalue weighted by molar-refractivity contribution is 7.91. The van der Waals surface area contributed by atoms with Gasteiger partial charge < -0.3 is 9.64 Å². The van der Waals surface area contributed by atoms with Gasteiger partial charge in [-0.05, 0) is 49.6 Å². The quantitative estimate of drug-likeness (QED) is 0.781. The number of benzene rings is 2. The van der Waals surface area contributed by atoms with E-state index in [0.717, 1.165) is 12.0 Å². The van der Waals surface area contributed by atoms with Crippen LogP contribution >= 0.6 is 0 Å². The van der Waals surface area contributed by atoms with Gasteiger partial charge in [0.2, 0.25) is 0 Å². The molecule has 0 aliphatic carbocycles. The summed E-state index contributed by atoms with van der Waals surface area (Å²) in [5, 5.41) is 0. The number of nitrogens with zero attached hydrogens (tertiary/aromatic N) is 1. The minimum absolute atomic E-state index is 0.0484. The van der Waals surface area contributed by atoms with Gasteiger partial charge in [0.15, 0.2) is 16.4 Å². The summed E-state index contributed by atoms with van der Waals surface area (Å²) in [6.45, 7) is 2.45. The molecule has 1 saturated heterocycles. The number of amides is 1. The molecule has 0 bridgehead atoms. The van der Waals surface area contributed by atoms with E-state index in [1.807, 2.05) is 31.2 Å². The molecule has 5 nitrogen and oxygen atoms in total. The van der Waals surface area contributed by atoms with E-state index in [1.165, 1.54) is 0 Å². The van der Waals surface area contributed by atoms with Crippen LogP contribution < -0.4 is 4.74 Å². The third-order valence-electron chi connectivity index (χ3n) is 4.56. The molecule has 0 N–H and O–H groups in total. The van der Waals surface area contributed by atoms with Gasteiger partial charge in [0.1, 0.15) is 5.75 Å². The Balaban J connectivity index is 1.63. The normalized spacial score (nSPS) is 17.3. The summed E-state index contributed by atoms with van der Waals surface area (Å²) in [5.74, 6) is 0.427. The molecule has 0 radical (unpaired) electrons. The molecule has 2 aromatic rings. The third kappa shape index (κ3) is 4.43. The van der Waals surface area contributed by atoms with Crippen LogP contribution in [0, 0.1) is 6.92 Å². The lowest BCUT2D eigenvalue weighted by Crippen LogP contribution is -2.42. The number of rotatable bonds is 6. The largest absolute Gasteiger partial charge is 0.484 e. The molecule has 1 atom stereocenters. The predicted molar refractivity (Wildman–Crippen MR) is 99.9 cm³/mol. The van der Waals surface area contributed by atoms with Crippen molar-refractivity contribution in [3.05, 3.63) is 60.2 Å². The monoisotopic (exact) mass is 373 g/mol. The Morgan fingerprint density at radius 3 is 2.65 bits per heavy atom. The Labute approximate surface area is 154 Å². The number of carbonyl (C=O) groups is 1. The van der Waals surface area contributed by atoms with Crippen LogP contribution in [-0.4, -0.2) is 44.2 Å². The summed E-state index contributed by atoms with van der Waals surface area (Å²) in [6.07, 6.45) is 1.51. The molecule has 138 valence electrons. The van der Waals surface area contributed by atoms with E-state index in [0.29, 0.717) is 23.6 Å². The van der Waals surface area contributed by atoms with Gasteiger partial charge in [-0.25, -0.2) is 8.42 Å². The maximum absolute atomic E-state index is 12.6. The van der Waals surface area contributed by atoms with Gasteiger partial charge in [-0.1, -0.05) is 30.3 Å². The lowest BCUT2D eigenvalue weighted by atomic mass is 10.2. The molecule has 6 heteroatoms. The lowest BCUT2D eigenvalue weighted by Gasteiger charge is -2.24. The molecule has 1 fully saturated rings. The van der Waals surface area contributed by atoms with Crippen molar-refractivity contribution in [1.82, 2.24) is 4.90 Å². The number of carbonyl (C=O) groups excluding carboxylic acids is 1. The van der Waals surface area contributed by atoms with Gasteiger partial charge in [0, 0.05) is 12.6 Å². The summed E-state index contributed by atoms with van der Waals surface area (Å²) in [5.41, 5.74) is 1.06. The van der Waals surface area contributed by atoms with Crippen molar-refractivity contribution in [1.29, 1.82) is 0 Å². The van der Waals surface area contributed by atoms with Gasteiger partial charge >= 0.3 is 0 Å². The van der Waals surface area contributed by atoms with Crippen LogP contribution in [0.25, 0.3) is 0 Å². The summed E-state index contributed by atoms with van der Waals surface area (Å²) >= 11 is 0. The first kappa shape index (κ1) is 18.5. The zero-order valence-corrected chi connectivity index (χ0v) is 15.6. The van der Waals surface area contributed by atoms with Gasteiger partial charge in [-0.3, -0.25) is 4.79 Å². The first-order valence-corrected chi connectivity index (χ1v) is 10.4. The van der Waals surface area contributed by atoms with Crippen molar-refractivity contribution >= 4 is 15.7 Å². The van der Waals surface area contributed by atoms with Crippen LogP contribution in [0.5, 0.6) is 5.75 Å². The SMILES string of the molecule is Cc1cccc(OCC(=O)N2CCCC2CS(=O)(=O)c2ccccc2)c1. The second kappa shape index (κ2) is 7.91. The molecular formula is C20H23NO4S. The molecule has 0 saturated carbocycles.